The zero-order valence-corrected chi connectivity index (χ0v) is 10.7. The quantitative estimate of drug-likeness (QED) is 0.937. The van der Waals surface area contributed by atoms with Crippen molar-refractivity contribution in [2.45, 2.75) is 0 Å². The Labute approximate surface area is 107 Å². The van der Waals surface area contributed by atoms with Gasteiger partial charge in [-0.15, -0.1) is 0 Å². The van der Waals surface area contributed by atoms with Crippen molar-refractivity contribution in [2.75, 3.05) is 12.4 Å². The van der Waals surface area contributed by atoms with E-state index in [2.05, 4.69) is 26.2 Å². The molecule has 88 valence electrons. The Bertz CT molecular complexity index is 534. The van der Waals surface area contributed by atoms with E-state index in [0.717, 1.165) is 0 Å². The molecule has 0 spiro atoms. The number of para-hydroxylation sites is 2. The molecular formula is C12H10BrFN2O. The first-order chi connectivity index (χ1) is 8.20. The maximum absolute atomic E-state index is 13.6. The van der Waals surface area contributed by atoms with Gasteiger partial charge in [0.1, 0.15) is 5.75 Å². The third kappa shape index (κ3) is 2.74. The van der Waals surface area contributed by atoms with Crippen LogP contribution in [0.2, 0.25) is 0 Å². The lowest BCUT2D eigenvalue weighted by atomic mass is 10.3. The fraction of sp³-hybridized carbons (Fsp3) is 0.0833. The Kier molecular flexibility index (Phi) is 3.58. The summed E-state index contributed by atoms with van der Waals surface area (Å²) < 4.78 is 19.3. The van der Waals surface area contributed by atoms with Crippen LogP contribution in [0, 0.1) is 5.82 Å². The molecule has 0 radical (unpaired) electrons. The Balaban J connectivity index is 2.31. The molecule has 1 aromatic carbocycles. The number of pyridine rings is 1. The number of hydrogen-bond donors (Lipinski definition) is 1. The Hall–Kier alpha value is -1.62. The number of nitrogens with one attached hydrogen (secondary N) is 1. The van der Waals surface area contributed by atoms with Gasteiger partial charge >= 0.3 is 0 Å². The summed E-state index contributed by atoms with van der Waals surface area (Å²) in [6.45, 7) is 0. The highest BCUT2D eigenvalue weighted by atomic mass is 79.9. The minimum atomic E-state index is -0.426. The lowest BCUT2D eigenvalue weighted by Gasteiger charge is -2.10. The molecule has 0 atom stereocenters. The zero-order valence-electron chi connectivity index (χ0n) is 9.08. The van der Waals surface area contributed by atoms with Gasteiger partial charge < -0.3 is 10.1 Å². The number of halogens is 2. The summed E-state index contributed by atoms with van der Waals surface area (Å²) in [7, 11) is 1.56. The minimum Gasteiger partial charge on any atom is -0.495 e. The third-order valence-electron chi connectivity index (χ3n) is 2.17. The smallest absolute Gasteiger partial charge is 0.166 e. The van der Waals surface area contributed by atoms with Crippen molar-refractivity contribution in [3.63, 3.8) is 0 Å². The summed E-state index contributed by atoms with van der Waals surface area (Å²) in [4.78, 5) is 3.96. The normalized spacial score (nSPS) is 10.1. The molecule has 0 aliphatic heterocycles. The van der Waals surface area contributed by atoms with Gasteiger partial charge in [-0.1, -0.05) is 12.1 Å². The SMILES string of the molecule is COc1ccccc1Nc1ncc(Br)cc1F. The fourth-order valence-corrected chi connectivity index (χ4v) is 1.69. The number of nitrogens with zero attached hydrogens (tertiary/aromatic N) is 1. The predicted molar refractivity (Wildman–Crippen MR) is 68.2 cm³/mol. The zero-order chi connectivity index (χ0) is 12.3. The van der Waals surface area contributed by atoms with E-state index in [9.17, 15) is 4.39 Å². The monoisotopic (exact) mass is 296 g/mol. The maximum atomic E-state index is 13.6. The van der Waals surface area contributed by atoms with Crippen LogP contribution in [-0.4, -0.2) is 12.1 Å². The first kappa shape index (κ1) is 11.9. The van der Waals surface area contributed by atoms with Crippen LogP contribution in [0.5, 0.6) is 5.75 Å². The van der Waals surface area contributed by atoms with Crippen LogP contribution < -0.4 is 10.1 Å². The minimum absolute atomic E-state index is 0.165. The van der Waals surface area contributed by atoms with Crippen LogP contribution in [0.3, 0.4) is 0 Å². The molecule has 0 saturated carbocycles. The molecule has 2 rings (SSSR count). The van der Waals surface area contributed by atoms with Crippen molar-refractivity contribution in [2.24, 2.45) is 0 Å². The van der Waals surface area contributed by atoms with Gasteiger partial charge in [0.25, 0.3) is 0 Å². The number of ether oxygens (including phenoxy) is 1. The molecule has 5 heteroatoms. The molecule has 1 N–H and O–H groups in total. The largest absolute Gasteiger partial charge is 0.495 e. The maximum Gasteiger partial charge on any atom is 0.166 e. The average molecular weight is 297 g/mol. The van der Waals surface area contributed by atoms with E-state index in [1.54, 1.807) is 19.2 Å². The van der Waals surface area contributed by atoms with Crippen molar-refractivity contribution in [1.82, 2.24) is 4.98 Å². The average Bonchev–Trinajstić information content (AvgIpc) is 2.33. The number of benzene rings is 1. The van der Waals surface area contributed by atoms with Crippen LogP contribution in [-0.2, 0) is 0 Å². The molecule has 0 bridgehead atoms. The van der Waals surface area contributed by atoms with Gasteiger partial charge in [0, 0.05) is 10.7 Å². The summed E-state index contributed by atoms with van der Waals surface area (Å²) in [5, 5.41) is 2.89. The van der Waals surface area contributed by atoms with Crippen LogP contribution in [0.25, 0.3) is 0 Å². The van der Waals surface area contributed by atoms with Gasteiger partial charge in [0.2, 0.25) is 0 Å². The highest BCUT2D eigenvalue weighted by molar-refractivity contribution is 9.10. The Morgan fingerprint density at radius 1 is 1.35 bits per heavy atom. The number of aromatic nitrogens is 1. The van der Waals surface area contributed by atoms with Crippen molar-refractivity contribution in [3.8, 4) is 5.75 Å². The van der Waals surface area contributed by atoms with Crippen molar-refractivity contribution in [3.05, 3.63) is 46.8 Å². The van der Waals surface area contributed by atoms with Crippen LogP contribution in [0.15, 0.2) is 41.0 Å². The van der Waals surface area contributed by atoms with E-state index in [0.29, 0.717) is 15.9 Å². The number of methoxy groups -OCH3 is 1. The molecule has 1 heterocycles. The summed E-state index contributed by atoms with van der Waals surface area (Å²) >= 11 is 3.15. The van der Waals surface area contributed by atoms with Crippen LogP contribution in [0.4, 0.5) is 15.9 Å². The highest BCUT2D eigenvalue weighted by Gasteiger charge is 2.07. The second-order valence-electron chi connectivity index (χ2n) is 3.31. The molecule has 2 aromatic rings. The molecule has 17 heavy (non-hydrogen) atoms. The van der Waals surface area contributed by atoms with Gasteiger partial charge in [-0.3, -0.25) is 0 Å². The molecule has 1 aromatic heterocycles. The lowest BCUT2D eigenvalue weighted by Crippen LogP contribution is -1.98. The summed E-state index contributed by atoms with van der Waals surface area (Å²) in [6, 6.07) is 8.61. The first-order valence-electron chi connectivity index (χ1n) is 4.92. The van der Waals surface area contributed by atoms with E-state index < -0.39 is 5.82 Å². The van der Waals surface area contributed by atoms with Crippen molar-refractivity contribution >= 4 is 27.4 Å². The fourth-order valence-electron chi connectivity index (χ4n) is 1.38. The molecule has 3 nitrogen and oxygen atoms in total. The van der Waals surface area contributed by atoms with Gasteiger partial charge in [-0.2, -0.15) is 0 Å². The second kappa shape index (κ2) is 5.14. The van der Waals surface area contributed by atoms with E-state index in [4.69, 9.17) is 4.74 Å². The van der Waals surface area contributed by atoms with Crippen molar-refractivity contribution in [1.29, 1.82) is 0 Å². The van der Waals surface area contributed by atoms with E-state index in [1.807, 2.05) is 12.1 Å². The first-order valence-corrected chi connectivity index (χ1v) is 5.71. The van der Waals surface area contributed by atoms with Gasteiger partial charge in [-0.05, 0) is 34.1 Å². The summed E-state index contributed by atoms with van der Waals surface area (Å²) in [5.74, 6) is 0.375. The van der Waals surface area contributed by atoms with Gasteiger partial charge in [0.15, 0.2) is 11.6 Å². The number of anilines is 2. The van der Waals surface area contributed by atoms with Gasteiger partial charge in [0.05, 0.1) is 12.8 Å². The predicted octanol–water partition coefficient (Wildman–Crippen LogP) is 3.74. The van der Waals surface area contributed by atoms with E-state index in [-0.39, 0.29) is 5.82 Å². The molecule has 0 aliphatic rings. The van der Waals surface area contributed by atoms with Crippen LogP contribution in [0.1, 0.15) is 0 Å². The topological polar surface area (TPSA) is 34.1 Å². The molecular weight excluding hydrogens is 287 g/mol. The highest BCUT2D eigenvalue weighted by Crippen LogP contribution is 2.27. The van der Waals surface area contributed by atoms with E-state index in [1.165, 1.54) is 12.3 Å². The van der Waals surface area contributed by atoms with Gasteiger partial charge in [-0.25, -0.2) is 9.37 Å². The van der Waals surface area contributed by atoms with E-state index >= 15 is 0 Å². The lowest BCUT2D eigenvalue weighted by molar-refractivity contribution is 0.417. The van der Waals surface area contributed by atoms with Crippen LogP contribution >= 0.6 is 15.9 Å². The van der Waals surface area contributed by atoms with Crippen molar-refractivity contribution < 1.29 is 9.13 Å². The molecule has 0 unspecified atom stereocenters. The Morgan fingerprint density at radius 3 is 2.82 bits per heavy atom. The standard InChI is InChI=1S/C12H10BrFN2O/c1-17-11-5-3-2-4-10(11)16-12-9(14)6-8(13)7-15-12/h2-7H,1H3,(H,15,16). The second-order valence-corrected chi connectivity index (χ2v) is 4.22. The third-order valence-corrected chi connectivity index (χ3v) is 2.60. The molecule has 0 aliphatic carbocycles. The number of rotatable bonds is 3. The molecule has 0 fully saturated rings. The Morgan fingerprint density at radius 2 is 2.12 bits per heavy atom. The summed E-state index contributed by atoms with van der Waals surface area (Å²) in [5.41, 5.74) is 0.670. The molecule has 0 saturated heterocycles. The number of hydrogen-bond acceptors (Lipinski definition) is 3. The summed E-state index contributed by atoms with van der Waals surface area (Å²) in [6.07, 6.45) is 1.53. The molecule has 0 amide bonds.